The van der Waals surface area contributed by atoms with Crippen LogP contribution in [-0.2, 0) is 0 Å². The molecule has 0 aliphatic heterocycles. The normalized spacial score (nSPS) is 12.4. The number of nitrogens with two attached hydrogens (primary N) is 1. The molecule has 2 rings (SSSR count). The van der Waals surface area contributed by atoms with E-state index in [9.17, 15) is 0 Å². The van der Waals surface area contributed by atoms with E-state index >= 15 is 0 Å². The summed E-state index contributed by atoms with van der Waals surface area (Å²) in [5.41, 5.74) is 6.64. The van der Waals surface area contributed by atoms with Crippen LogP contribution in [0.15, 0.2) is 53.5 Å². The van der Waals surface area contributed by atoms with Crippen LogP contribution in [0.2, 0.25) is 0 Å². The van der Waals surface area contributed by atoms with Crippen molar-refractivity contribution in [1.29, 1.82) is 0 Å². The molecular formula is C18H23N3O3. The zero-order valence-corrected chi connectivity index (χ0v) is 14.2. The fourth-order valence-corrected chi connectivity index (χ4v) is 2.08. The summed E-state index contributed by atoms with van der Waals surface area (Å²) in [6.45, 7) is 2.37. The number of anilines is 1. The average molecular weight is 329 g/mol. The zero-order chi connectivity index (χ0) is 17.4. The van der Waals surface area contributed by atoms with Crippen LogP contribution in [0.3, 0.4) is 0 Å². The highest BCUT2D eigenvalue weighted by Gasteiger charge is 2.07. The molecule has 0 spiro atoms. The summed E-state index contributed by atoms with van der Waals surface area (Å²) in [7, 11) is 3.20. The van der Waals surface area contributed by atoms with E-state index in [1.165, 1.54) is 0 Å². The predicted molar refractivity (Wildman–Crippen MR) is 96.2 cm³/mol. The predicted octanol–water partition coefficient (Wildman–Crippen LogP) is 2.90. The lowest BCUT2D eigenvalue weighted by Gasteiger charge is -2.14. The van der Waals surface area contributed by atoms with Gasteiger partial charge in [0.25, 0.3) is 0 Å². The van der Waals surface area contributed by atoms with Gasteiger partial charge in [-0.3, -0.25) is 0 Å². The minimum absolute atomic E-state index is 0.0973. The number of hydrogen-bond acceptors (Lipinski definition) is 4. The van der Waals surface area contributed by atoms with Crippen molar-refractivity contribution >= 4 is 11.6 Å². The number of hydrogen-bond donors (Lipinski definition) is 2. The van der Waals surface area contributed by atoms with Crippen molar-refractivity contribution in [2.75, 3.05) is 26.1 Å². The van der Waals surface area contributed by atoms with Crippen molar-refractivity contribution in [1.82, 2.24) is 0 Å². The van der Waals surface area contributed by atoms with Gasteiger partial charge in [0, 0.05) is 6.07 Å². The first-order valence-electron chi connectivity index (χ1n) is 7.63. The number of para-hydroxylation sites is 1. The number of methoxy groups -OCH3 is 2. The molecule has 1 unspecified atom stereocenters. The molecule has 0 radical (unpaired) electrons. The number of aliphatic imine (C=N–C) groups is 1. The standard InChI is InChI=1S/C18H23N3O3/c1-13(24-14-7-5-4-6-8-14)12-20-18(19)21-16-11-15(22-2)9-10-17(16)23-3/h4-11,13H,12H2,1-3H3,(H3,19,20,21). The Balaban J connectivity index is 1.96. The Bertz CT molecular complexity index is 674. The molecule has 0 aromatic heterocycles. The SMILES string of the molecule is COc1ccc(OC)c(NC(N)=NCC(C)Oc2ccccc2)c1. The zero-order valence-electron chi connectivity index (χ0n) is 14.2. The third-order valence-corrected chi connectivity index (χ3v) is 3.27. The van der Waals surface area contributed by atoms with E-state index in [4.69, 9.17) is 19.9 Å². The molecule has 2 aromatic rings. The molecular weight excluding hydrogens is 306 g/mol. The number of rotatable bonds is 7. The molecule has 0 aliphatic rings. The third-order valence-electron chi connectivity index (χ3n) is 3.27. The Labute approximate surface area is 142 Å². The van der Waals surface area contributed by atoms with E-state index in [1.54, 1.807) is 26.4 Å². The van der Waals surface area contributed by atoms with Gasteiger partial charge in [-0.15, -0.1) is 0 Å². The minimum Gasteiger partial charge on any atom is -0.497 e. The van der Waals surface area contributed by atoms with E-state index < -0.39 is 0 Å². The van der Waals surface area contributed by atoms with Crippen LogP contribution in [0.25, 0.3) is 0 Å². The molecule has 128 valence electrons. The van der Waals surface area contributed by atoms with Gasteiger partial charge >= 0.3 is 0 Å². The van der Waals surface area contributed by atoms with Crippen LogP contribution in [0.4, 0.5) is 5.69 Å². The van der Waals surface area contributed by atoms with Crippen molar-refractivity contribution in [2.24, 2.45) is 10.7 Å². The van der Waals surface area contributed by atoms with E-state index in [0.717, 1.165) is 5.75 Å². The molecule has 24 heavy (non-hydrogen) atoms. The topological polar surface area (TPSA) is 78.1 Å². The molecule has 6 heteroatoms. The second kappa shape index (κ2) is 8.67. The number of ether oxygens (including phenoxy) is 3. The maximum absolute atomic E-state index is 5.95. The van der Waals surface area contributed by atoms with Crippen molar-refractivity contribution in [3.63, 3.8) is 0 Å². The maximum atomic E-state index is 5.95. The molecule has 0 saturated heterocycles. The second-order valence-corrected chi connectivity index (χ2v) is 5.16. The van der Waals surface area contributed by atoms with Gasteiger partial charge < -0.3 is 25.3 Å². The number of nitrogens with one attached hydrogen (secondary N) is 1. The first kappa shape index (κ1) is 17.5. The van der Waals surface area contributed by atoms with Crippen molar-refractivity contribution in [3.8, 4) is 17.2 Å². The van der Waals surface area contributed by atoms with E-state index in [1.807, 2.05) is 43.3 Å². The monoisotopic (exact) mass is 329 g/mol. The molecule has 0 saturated carbocycles. The van der Waals surface area contributed by atoms with E-state index in [2.05, 4.69) is 10.3 Å². The Kier molecular flexibility index (Phi) is 6.31. The minimum atomic E-state index is -0.0973. The highest BCUT2D eigenvalue weighted by molar-refractivity contribution is 5.94. The summed E-state index contributed by atoms with van der Waals surface area (Å²) < 4.78 is 16.3. The quantitative estimate of drug-likeness (QED) is 0.603. The molecule has 6 nitrogen and oxygen atoms in total. The van der Waals surface area contributed by atoms with Crippen molar-refractivity contribution < 1.29 is 14.2 Å². The molecule has 0 fully saturated rings. The molecule has 1 atom stereocenters. The van der Waals surface area contributed by atoms with Crippen LogP contribution in [0.1, 0.15) is 6.92 Å². The maximum Gasteiger partial charge on any atom is 0.193 e. The lowest BCUT2D eigenvalue weighted by molar-refractivity contribution is 0.230. The van der Waals surface area contributed by atoms with Crippen LogP contribution >= 0.6 is 0 Å². The number of benzene rings is 2. The van der Waals surface area contributed by atoms with Crippen molar-refractivity contribution in [2.45, 2.75) is 13.0 Å². The fourth-order valence-electron chi connectivity index (χ4n) is 2.08. The van der Waals surface area contributed by atoms with Gasteiger partial charge in [-0.05, 0) is 31.2 Å². The molecule has 3 N–H and O–H groups in total. The van der Waals surface area contributed by atoms with Gasteiger partial charge in [0.15, 0.2) is 5.96 Å². The Hall–Kier alpha value is -2.89. The first-order chi connectivity index (χ1) is 11.6. The lowest BCUT2D eigenvalue weighted by atomic mass is 10.2. The Morgan fingerprint density at radius 1 is 1.08 bits per heavy atom. The van der Waals surface area contributed by atoms with Gasteiger partial charge in [-0.2, -0.15) is 0 Å². The highest BCUT2D eigenvalue weighted by Crippen LogP contribution is 2.28. The molecule has 0 heterocycles. The molecule has 0 bridgehead atoms. The van der Waals surface area contributed by atoms with Gasteiger partial charge in [-0.25, -0.2) is 4.99 Å². The Morgan fingerprint density at radius 3 is 2.50 bits per heavy atom. The third kappa shape index (κ3) is 5.08. The van der Waals surface area contributed by atoms with Gasteiger partial charge in [0.1, 0.15) is 23.4 Å². The molecule has 2 aromatic carbocycles. The highest BCUT2D eigenvalue weighted by atomic mass is 16.5. The van der Waals surface area contributed by atoms with Gasteiger partial charge in [-0.1, -0.05) is 18.2 Å². The van der Waals surface area contributed by atoms with E-state index in [0.29, 0.717) is 23.7 Å². The second-order valence-electron chi connectivity index (χ2n) is 5.16. The van der Waals surface area contributed by atoms with E-state index in [-0.39, 0.29) is 12.1 Å². The lowest BCUT2D eigenvalue weighted by Crippen LogP contribution is -2.26. The largest absolute Gasteiger partial charge is 0.497 e. The van der Waals surface area contributed by atoms with Gasteiger partial charge in [0.2, 0.25) is 0 Å². The Morgan fingerprint density at radius 2 is 1.83 bits per heavy atom. The molecule has 0 amide bonds. The smallest absolute Gasteiger partial charge is 0.193 e. The van der Waals surface area contributed by atoms with Gasteiger partial charge in [0.05, 0.1) is 26.5 Å². The first-order valence-corrected chi connectivity index (χ1v) is 7.63. The van der Waals surface area contributed by atoms with Crippen LogP contribution in [0.5, 0.6) is 17.2 Å². The summed E-state index contributed by atoms with van der Waals surface area (Å²) in [5.74, 6) is 2.45. The average Bonchev–Trinajstić information content (AvgIpc) is 2.60. The molecule has 0 aliphatic carbocycles. The van der Waals surface area contributed by atoms with Crippen LogP contribution in [-0.4, -0.2) is 32.8 Å². The number of guanidine groups is 1. The summed E-state index contributed by atoms with van der Waals surface area (Å²) >= 11 is 0. The summed E-state index contributed by atoms with van der Waals surface area (Å²) in [5, 5.41) is 3.02. The van der Waals surface area contributed by atoms with Crippen LogP contribution < -0.4 is 25.3 Å². The fraction of sp³-hybridized carbons (Fsp3) is 0.278. The summed E-state index contributed by atoms with van der Waals surface area (Å²) in [6.07, 6.45) is -0.0973. The van der Waals surface area contributed by atoms with Crippen LogP contribution in [0, 0.1) is 0 Å². The summed E-state index contributed by atoms with van der Waals surface area (Å²) in [6, 6.07) is 15.0. The summed E-state index contributed by atoms with van der Waals surface area (Å²) in [4.78, 5) is 4.31. The number of nitrogens with zero attached hydrogens (tertiary/aromatic N) is 1. The van der Waals surface area contributed by atoms with Crippen molar-refractivity contribution in [3.05, 3.63) is 48.5 Å².